The number of hydrogen-bond donors (Lipinski definition) is 3. The Hall–Kier alpha value is -2.43. The van der Waals surface area contributed by atoms with E-state index in [9.17, 15) is 15.0 Å². The van der Waals surface area contributed by atoms with Gasteiger partial charge in [-0.05, 0) is 12.0 Å². The summed E-state index contributed by atoms with van der Waals surface area (Å²) in [6, 6.07) is 10.6. The van der Waals surface area contributed by atoms with Crippen LogP contribution in [-0.4, -0.2) is 21.2 Å². The third-order valence-electron chi connectivity index (χ3n) is 3.29. The van der Waals surface area contributed by atoms with Crippen molar-refractivity contribution in [1.29, 1.82) is 0 Å². The Kier molecular flexibility index (Phi) is 4.87. The first-order valence-electron chi connectivity index (χ1n) is 6.99. The monoisotopic (exact) mass is 289 g/mol. The van der Waals surface area contributed by atoms with Crippen molar-refractivity contribution in [3.63, 3.8) is 0 Å². The normalized spacial score (nSPS) is 12.0. The van der Waals surface area contributed by atoms with Gasteiger partial charge in [-0.25, -0.2) is 0 Å². The fourth-order valence-electron chi connectivity index (χ4n) is 2.18. The van der Waals surface area contributed by atoms with Crippen LogP contribution in [0.15, 0.2) is 36.4 Å². The largest absolute Gasteiger partial charge is 0.494 e. The van der Waals surface area contributed by atoms with E-state index in [0.29, 0.717) is 6.42 Å². The maximum absolute atomic E-state index is 12.4. The van der Waals surface area contributed by atoms with Gasteiger partial charge in [0.2, 0.25) is 5.88 Å². The summed E-state index contributed by atoms with van der Waals surface area (Å²) in [5.41, 5.74) is 0.884. The van der Waals surface area contributed by atoms with E-state index in [1.54, 1.807) is 0 Å². The molecule has 1 heterocycles. The number of nitrogens with one attached hydrogen (secondary N) is 1. The molecule has 112 valence electrons. The minimum absolute atomic E-state index is 0.0603. The van der Waals surface area contributed by atoms with Crippen molar-refractivity contribution in [2.75, 3.05) is 0 Å². The maximum Gasteiger partial charge on any atom is 0.318 e. The van der Waals surface area contributed by atoms with Crippen molar-refractivity contribution < 1.29 is 19.7 Å². The van der Waals surface area contributed by atoms with Gasteiger partial charge < -0.3 is 14.9 Å². The van der Waals surface area contributed by atoms with E-state index in [0.717, 1.165) is 18.4 Å². The Morgan fingerprint density at radius 3 is 2.57 bits per heavy atom. The van der Waals surface area contributed by atoms with Gasteiger partial charge in [-0.3, -0.25) is 9.78 Å². The second kappa shape index (κ2) is 6.83. The summed E-state index contributed by atoms with van der Waals surface area (Å²) in [7, 11) is 0. The number of aromatic hydroxyl groups is 2. The molecule has 0 aliphatic carbocycles. The van der Waals surface area contributed by atoms with E-state index in [-0.39, 0.29) is 23.4 Å². The number of esters is 1. The molecule has 1 atom stereocenters. The van der Waals surface area contributed by atoms with Crippen LogP contribution in [0.25, 0.3) is 0 Å². The van der Waals surface area contributed by atoms with Crippen LogP contribution in [0.2, 0.25) is 0 Å². The van der Waals surface area contributed by atoms with Gasteiger partial charge in [-0.15, -0.1) is 0 Å². The molecule has 5 nitrogen and oxygen atoms in total. The van der Waals surface area contributed by atoms with Crippen molar-refractivity contribution >= 4 is 5.97 Å². The molecule has 0 fully saturated rings. The number of carbonyl (C=O) groups excluding carboxylic acids is 1. The molecular weight excluding hydrogens is 270 g/mol. The Morgan fingerprint density at radius 2 is 2.00 bits per heavy atom. The summed E-state index contributed by atoms with van der Waals surface area (Å²) >= 11 is 0. The summed E-state index contributed by atoms with van der Waals surface area (Å²) in [4.78, 5) is 14.6. The molecule has 0 spiro atoms. The Bertz CT molecular complexity index is 592. The third kappa shape index (κ3) is 3.78. The van der Waals surface area contributed by atoms with Crippen molar-refractivity contribution in [3.05, 3.63) is 42.0 Å². The van der Waals surface area contributed by atoms with Crippen LogP contribution < -0.4 is 4.74 Å². The summed E-state index contributed by atoms with van der Waals surface area (Å²) in [5, 5.41) is 18.8. The standard InChI is InChI=1S/C16H19NO4/c1-2-3-9-12(11-7-5-4-6-8-11)16(20)21-13-10-14(18)17-15(13)19/h4-8,10,12,17-19H,2-3,9H2,1H3. The fraction of sp³-hybridized carbons (Fsp3) is 0.312. The second-order valence-electron chi connectivity index (χ2n) is 4.89. The molecule has 0 saturated heterocycles. The van der Waals surface area contributed by atoms with Crippen LogP contribution in [0.5, 0.6) is 17.5 Å². The molecule has 0 bridgehead atoms. The highest BCUT2D eigenvalue weighted by Gasteiger charge is 2.24. The van der Waals surface area contributed by atoms with E-state index in [1.165, 1.54) is 6.07 Å². The highest BCUT2D eigenvalue weighted by Crippen LogP contribution is 2.32. The molecule has 0 amide bonds. The molecule has 2 aromatic rings. The predicted molar refractivity (Wildman–Crippen MR) is 78.5 cm³/mol. The number of carbonyl (C=O) groups is 1. The zero-order chi connectivity index (χ0) is 15.2. The van der Waals surface area contributed by atoms with Gasteiger partial charge in [0.05, 0.1) is 5.92 Å². The van der Waals surface area contributed by atoms with E-state index in [4.69, 9.17) is 4.74 Å². The smallest absolute Gasteiger partial charge is 0.318 e. The highest BCUT2D eigenvalue weighted by atomic mass is 16.5. The first kappa shape index (κ1) is 15.0. The lowest BCUT2D eigenvalue weighted by atomic mass is 9.94. The number of H-pyrrole nitrogens is 1. The fourth-order valence-corrected chi connectivity index (χ4v) is 2.18. The van der Waals surface area contributed by atoms with Crippen molar-refractivity contribution in [2.45, 2.75) is 32.1 Å². The van der Waals surface area contributed by atoms with Crippen LogP contribution in [-0.2, 0) is 4.79 Å². The van der Waals surface area contributed by atoms with E-state index >= 15 is 0 Å². The Morgan fingerprint density at radius 1 is 1.29 bits per heavy atom. The van der Waals surface area contributed by atoms with Crippen LogP contribution in [0.1, 0.15) is 37.7 Å². The topological polar surface area (TPSA) is 82.5 Å². The zero-order valence-electron chi connectivity index (χ0n) is 11.9. The molecule has 0 saturated carbocycles. The molecule has 0 radical (unpaired) electrons. The number of hydrogen-bond acceptors (Lipinski definition) is 4. The number of benzene rings is 1. The quantitative estimate of drug-likeness (QED) is 0.712. The molecule has 1 unspecified atom stereocenters. The average Bonchev–Trinajstić information content (AvgIpc) is 2.78. The molecule has 2 rings (SSSR count). The van der Waals surface area contributed by atoms with Gasteiger partial charge in [-0.2, -0.15) is 0 Å². The summed E-state index contributed by atoms with van der Waals surface area (Å²) in [6.45, 7) is 2.06. The van der Waals surface area contributed by atoms with Crippen molar-refractivity contribution in [3.8, 4) is 17.5 Å². The summed E-state index contributed by atoms with van der Waals surface area (Å²) < 4.78 is 5.20. The number of ether oxygens (including phenoxy) is 1. The van der Waals surface area contributed by atoms with Crippen molar-refractivity contribution in [1.82, 2.24) is 4.98 Å². The lowest BCUT2D eigenvalue weighted by Gasteiger charge is -2.15. The Balaban J connectivity index is 2.16. The SMILES string of the molecule is CCCCC(C(=O)Oc1cc(O)[nH]c1O)c1ccccc1. The highest BCUT2D eigenvalue weighted by molar-refractivity contribution is 5.80. The van der Waals surface area contributed by atoms with Gasteiger partial charge in [-0.1, -0.05) is 50.1 Å². The molecule has 0 aliphatic rings. The number of unbranched alkanes of at least 4 members (excludes halogenated alkanes) is 1. The van der Waals surface area contributed by atoms with Gasteiger partial charge in [0.15, 0.2) is 11.6 Å². The summed E-state index contributed by atoms with van der Waals surface area (Å²) in [6.07, 6.45) is 2.56. The molecule has 1 aromatic heterocycles. The zero-order valence-corrected chi connectivity index (χ0v) is 11.9. The molecular formula is C16H19NO4. The maximum atomic E-state index is 12.4. The van der Waals surface area contributed by atoms with Crippen LogP contribution in [0.3, 0.4) is 0 Å². The van der Waals surface area contributed by atoms with E-state index < -0.39 is 5.97 Å². The first-order valence-corrected chi connectivity index (χ1v) is 6.99. The van der Waals surface area contributed by atoms with E-state index in [2.05, 4.69) is 11.9 Å². The average molecular weight is 289 g/mol. The lowest BCUT2D eigenvalue weighted by Crippen LogP contribution is -2.18. The summed E-state index contributed by atoms with van der Waals surface area (Å²) in [5.74, 6) is -1.50. The van der Waals surface area contributed by atoms with Crippen molar-refractivity contribution in [2.24, 2.45) is 0 Å². The van der Waals surface area contributed by atoms with Gasteiger partial charge >= 0.3 is 5.97 Å². The minimum atomic E-state index is -0.441. The van der Waals surface area contributed by atoms with Crippen LogP contribution in [0.4, 0.5) is 0 Å². The minimum Gasteiger partial charge on any atom is -0.494 e. The molecule has 0 aliphatic heterocycles. The number of aromatic nitrogens is 1. The second-order valence-corrected chi connectivity index (χ2v) is 4.89. The Labute approximate surface area is 123 Å². The van der Waals surface area contributed by atoms with Gasteiger partial charge in [0.1, 0.15) is 0 Å². The number of aromatic amines is 1. The number of rotatable bonds is 6. The first-order chi connectivity index (χ1) is 10.1. The van der Waals surface area contributed by atoms with Gasteiger partial charge in [0.25, 0.3) is 0 Å². The molecule has 3 N–H and O–H groups in total. The predicted octanol–water partition coefficient (Wildman–Crippen LogP) is 3.31. The lowest BCUT2D eigenvalue weighted by molar-refractivity contribution is -0.136. The van der Waals surface area contributed by atoms with Gasteiger partial charge in [0, 0.05) is 6.07 Å². The van der Waals surface area contributed by atoms with Crippen LogP contribution in [0, 0.1) is 0 Å². The molecule has 5 heteroatoms. The van der Waals surface area contributed by atoms with Crippen LogP contribution >= 0.6 is 0 Å². The van der Waals surface area contributed by atoms with E-state index in [1.807, 2.05) is 30.3 Å². The third-order valence-corrected chi connectivity index (χ3v) is 3.29. The molecule has 1 aromatic carbocycles. The molecule has 21 heavy (non-hydrogen) atoms.